The molecule has 5 heteroatoms. The average molecular weight is 351 g/mol. The van der Waals surface area contributed by atoms with E-state index >= 15 is 0 Å². The second-order valence-electron chi connectivity index (χ2n) is 8.33. The van der Waals surface area contributed by atoms with Crippen LogP contribution in [-0.4, -0.2) is 62.3 Å². The second kappa shape index (κ2) is 9.77. The molecule has 0 spiro atoms. The molecule has 0 amide bonds. The minimum absolute atomic E-state index is 0.283. The molecule has 3 atom stereocenters. The Kier molecular flexibility index (Phi) is 7.41. The summed E-state index contributed by atoms with van der Waals surface area (Å²) in [5.74, 6) is 1.88. The molecule has 1 saturated carbocycles. The van der Waals surface area contributed by atoms with Crippen molar-refractivity contribution in [1.82, 2.24) is 15.5 Å². The molecule has 0 aromatic rings. The van der Waals surface area contributed by atoms with Crippen LogP contribution in [0.2, 0.25) is 0 Å². The predicted octanol–water partition coefficient (Wildman–Crippen LogP) is 2.76. The van der Waals surface area contributed by atoms with E-state index in [0.717, 1.165) is 31.6 Å². The van der Waals surface area contributed by atoms with Crippen molar-refractivity contribution in [3.05, 3.63) is 0 Å². The summed E-state index contributed by atoms with van der Waals surface area (Å²) in [6.07, 6.45) is 12.7. The third kappa shape index (κ3) is 5.85. The number of hydrogen-bond donors (Lipinski definition) is 2. The Hall–Kier alpha value is -0.810. The lowest BCUT2D eigenvalue weighted by Gasteiger charge is -2.35. The second-order valence-corrected chi connectivity index (χ2v) is 8.33. The summed E-state index contributed by atoms with van der Waals surface area (Å²) in [5.41, 5.74) is 0. The smallest absolute Gasteiger partial charge is 0.191 e. The zero-order chi connectivity index (χ0) is 17.5. The monoisotopic (exact) mass is 350 g/mol. The SMILES string of the molecule is CN=C(NCC1CN2CCCC2CO1)NC(C)CCC1CCCCC1. The van der Waals surface area contributed by atoms with E-state index in [2.05, 4.69) is 27.4 Å². The molecule has 144 valence electrons. The van der Waals surface area contributed by atoms with Crippen molar-refractivity contribution in [2.75, 3.05) is 33.3 Å². The van der Waals surface area contributed by atoms with Gasteiger partial charge in [0.1, 0.15) is 0 Å². The highest BCUT2D eigenvalue weighted by Crippen LogP contribution is 2.27. The van der Waals surface area contributed by atoms with Crippen LogP contribution in [-0.2, 0) is 4.74 Å². The highest BCUT2D eigenvalue weighted by molar-refractivity contribution is 5.79. The number of morpholine rings is 1. The Bertz CT molecular complexity index is 422. The lowest BCUT2D eigenvalue weighted by atomic mass is 9.85. The van der Waals surface area contributed by atoms with Crippen LogP contribution in [0.3, 0.4) is 0 Å². The Balaban J connectivity index is 1.33. The van der Waals surface area contributed by atoms with Gasteiger partial charge in [-0.05, 0) is 45.1 Å². The van der Waals surface area contributed by atoms with E-state index in [1.165, 1.54) is 64.3 Å². The molecule has 5 nitrogen and oxygen atoms in total. The van der Waals surface area contributed by atoms with Gasteiger partial charge >= 0.3 is 0 Å². The maximum Gasteiger partial charge on any atom is 0.191 e. The normalized spacial score (nSPS) is 30.1. The summed E-state index contributed by atoms with van der Waals surface area (Å²) in [5, 5.41) is 7.04. The molecule has 3 fully saturated rings. The molecule has 0 radical (unpaired) electrons. The van der Waals surface area contributed by atoms with Crippen molar-refractivity contribution in [1.29, 1.82) is 0 Å². The van der Waals surface area contributed by atoms with Gasteiger partial charge in [0, 0.05) is 32.2 Å². The molecule has 3 rings (SSSR count). The Morgan fingerprint density at radius 3 is 2.84 bits per heavy atom. The highest BCUT2D eigenvalue weighted by atomic mass is 16.5. The van der Waals surface area contributed by atoms with E-state index in [1.807, 2.05) is 7.05 Å². The lowest BCUT2D eigenvalue weighted by Crippen LogP contribution is -2.52. The van der Waals surface area contributed by atoms with Crippen molar-refractivity contribution >= 4 is 5.96 Å². The standard InChI is InChI=1S/C20H38N4O/c1-16(10-11-17-7-4-3-5-8-17)23-20(21-2)22-13-19-14-24-12-6-9-18(24)15-25-19/h16-19H,3-15H2,1-2H3,(H2,21,22,23). The van der Waals surface area contributed by atoms with Gasteiger partial charge in [0.05, 0.1) is 12.7 Å². The van der Waals surface area contributed by atoms with Gasteiger partial charge in [0.15, 0.2) is 5.96 Å². The van der Waals surface area contributed by atoms with Gasteiger partial charge in [-0.25, -0.2) is 0 Å². The minimum atomic E-state index is 0.283. The molecular formula is C20H38N4O. The van der Waals surface area contributed by atoms with Gasteiger partial charge in [-0.1, -0.05) is 32.1 Å². The first-order valence-corrected chi connectivity index (χ1v) is 10.6. The van der Waals surface area contributed by atoms with Crippen LogP contribution in [0.5, 0.6) is 0 Å². The van der Waals surface area contributed by atoms with Crippen molar-refractivity contribution < 1.29 is 4.74 Å². The van der Waals surface area contributed by atoms with E-state index in [-0.39, 0.29) is 6.10 Å². The molecule has 3 aliphatic rings. The number of fused-ring (bicyclic) bond motifs is 1. The van der Waals surface area contributed by atoms with Crippen LogP contribution in [0.4, 0.5) is 0 Å². The van der Waals surface area contributed by atoms with E-state index < -0.39 is 0 Å². The van der Waals surface area contributed by atoms with Gasteiger partial charge in [0.25, 0.3) is 0 Å². The summed E-state index contributed by atoms with van der Waals surface area (Å²) in [6.45, 7) is 6.33. The molecule has 0 aromatic heterocycles. The first-order valence-electron chi connectivity index (χ1n) is 10.6. The first kappa shape index (κ1) is 19.0. The third-order valence-electron chi connectivity index (χ3n) is 6.30. The van der Waals surface area contributed by atoms with Crippen LogP contribution in [0.15, 0.2) is 4.99 Å². The number of rotatable bonds is 6. The molecule has 0 bridgehead atoms. The van der Waals surface area contributed by atoms with Crippen molar-refractivity contribution in [3.8, 4) is 0 Å². The fourth-order valence-corrected chi connectivity index (χ4v) is 4.68. The van der Waals surface area contributed by atoms with Crippen LogP contribution >= 0.6 is 0 Å². The van der Waals surface area contributed by atoms with Gasteiger partial charge < -0.3 is 15.4 Å². The van der Waals surface area contributed by atoms with Gasteiger partial charge in [-0.3, -0.25) is 9.89 Å². The lowest BCUT2D eigenvalue weighted by molar-refractivity contribution is -0.0453. The molecule has 2 heterocycles. The molecule has 1 aliphatic carbocycles. The van der Waals surface area contributed by atoms with Crippen molar-refractivity contribution in [2.24, 2.45) is 10.9 Å². The summed E-state index contributed by atoms with van der Waals surface area (Å²) < 4.78 is 6.03. The number of nitrogens with one attached hydrogen (secondary N) is 2. The van der Waals surface area contributed by atoms with Gasteiger partial charge in [-0.15, -0.1) is 0 Å². The molecule has 25 heavy (non-hydrogen) atoms. The topological polar surface area (TPSA) is 48.9 Å². The summed E-state index contributed by atoms with van der Waals surface area (Å²) in [7, 11) is 1.86. The number of aliphatic imine (C=N–C) groups is 1. The number of nitrogens with zero attached hydrogens (tertiary/aromatic N) is 2. The molecular weight excluding hydrogens is 312 g/mol. The maximum absolute atomic E-state index is 6.03. The van der Waals surface area contributed by atoms with E-state index in [1.54, 1.807) is 0 Å². The average Bonchev–Trinajstić information content (AvgIpc) is 3.12. The van der Waals surface area contributed by atoms with Crippen molar-refractivity contribution in [3.63, 3.8) is 0 Å². The number of hydrogen-bond acceptors (Lipinski definition) is 3. The molecule has 0 aromatic carbocycles. The minimum Gasteiger partial charge on any atom is -0.373 e. The van der Waals surface area contributed by atoms with E-state index in [9.17, 15) is 0 Å². The Labute approximate surface area is 154 Å². The van der Waals surface area contributed by atoms with Gasteiger partial charge in [0.2, 0.25) is 0 Å². The fraction of sp³-hybridized carbons (Fsp3) is 0.950. The Morgan fingerprint density at radius 2 is 2.04 bits per heavy atom. The van der Waals surface area contributed by atoms with Crippen LogP contribution in [0, 0.1) is 5.92 Å². The number of guanidine groups is 1. The zero-order valence-electron chi connectivity index (χ0n) is 16.3. The zero-order valence-corrected chi connectivity index (χ0v) is 16.3. The van der Waals surface area contributed by atoms with Crippen LogP contribution in [0.25, 0.3) is 0 Å². The fourth-order valence-electron chi connectivity index (χ4n) is 4.68. The van der Waals surface area contributed by atoms with E-state index in [0.29, 0.717) is 12.1 Å². The quantitative estimate of drug-likeness (QED) is 0.571. The Morgan fingerprint density at radius 1 is 1.20 bits per heavy atom. The summed E-state index contributed by atoms with van der Waals surface area (Å²) in [4.78, 5) is 7.00. The third-order valence-corrected chi connectivity index (χ3v) is 6.30. The first-order chi connectivity index (χ1) is 12.2. The largest absolute Gasteiger partial charge is 0.373 e. The van der Waals surface area contributed by atoms with Crippen LogP contribution < -0.4 is 10.6 Å². The predicted molar refractivity (Wildman–Crippen MR) is 104 cm³/mol. The number of ether oxygens (including phenoxy) is 1. The van der Waals surface area contributed by atoms with E-state index in [4.69, 9.17) is 4.74 Å². The van der Waals surface area contributed by atoms with Crippen molar-refractivity contribution in [2.45, 2.75) is 82.9 Å². The molecule has 3 unspecified atom stereocenters. The highest BCUT2D eigenvalue weighted by Gasteiger charge is 2.32. The molecule has 2 aliphatic heterocycles. The van der Waals surface area contributed by atoms with Crippen LogP contribution in [0.1, 0.15) is 64.7 Å². The summed E-state index contributed by atoms with van der Waals surface area (Å²) in [6, 6.07) is 1.15. The van der Waals surface area contributed by atoms with Gasteiger partial charge in [-0.2, -0.15) is 0 Å². The maximum atomic E-state index is 6.03. The molecule has 2 N–H and O–H groups in total. The molecule has 2 saturated heterocycles. The summed E-state index contributed by atoms with van der Waals surface area (Å²) >= 11 is 0.